The smallest absolute Gasteiger partial charge is 0.224 e. The van der Waals surface area contributed by atoms with Gasteiger partial charge in [-0.25, -0.2) is 4.52 Å². The molecule has 1 amide bonds. The number of carbonyl (C=O) groups is 1. The maximum Gasteiger partial charge on any atom is 0.224 e. The third kappa shape index (κ3) is 4.52. The molecule has 7 heteroatoms. The molecule has 1 N–H and O–H groups in total. The van der Waals surface area contributed by atoms with Crippen molar-refractivity contribution in [3.05, 3.63) is 70.7 Å². The van der Waals surface area contributed by atoms with Gasteiger partial charge in [0.15, 0.2) is 5.82 Å². The van der Waals surface area contributed by atoms with Gasteiger partial charge >= 0.3 is 0 Å². The largest absolute Gasteiger partial charge is 0.494 e. The standard InChI is InChI=1S/C23H24N4O2S/c1-3-29-19-10-8-17(9-11-19)14-21(28)24-13-12-18-15-30-23-25-22(26-27(18)23)20-7-5-4-6-16(20)2/h4-11,15H,3,12-14H2,1-2H3,(H,24,28). The van der Waals surface area contributed by atoms with Crippen LogP contribution in [0.5, 0.6) is 5.75 Å². The first-order chi connectivity index (χ1) is 14.6. The molecule has 2 aromatic carbocycles. The lowest BCUT2D eigenvalue weighted by atomic mass is 10.1. The summed E-state index contributed by atoms with van der Waals surface area (Å²) in [4.78, 5) is 17.8. The molecular weight excluding hydrogens is 396 g/mol. The van der Waals surface area contributed by atoms with Gasteiger partial charge in [-0.1, -0.05) is 36.4 Å². The van der Waals surface area contributed by atoms with E-state index in [-0.39, 0.29) is 5.91 Å². The molecule has 0 aliphatic heterocycles. The summed E-state index contributed by atoms with van der Waals surface area (Å²) in [5.74, 6) is 1.56. The molecule has 0 fully saturated rings. The van der Waals surface area contributed by atoms with Crippen molar-refractivity contribution in [2.45, 2.75) is 26.7 Å². The van der Waals surface area contributed by atoms with Crippen molar-refractivity contribution in [3.63, 3.8) is 0 Å². The predicted molar refractivity (Wildman–Crippen MR) is 119 cm³/mol. The van der Waals surface area contributed by atoms with Crippen molar-refractivity contribution in [1.82, 2.24) is 19.9 Å². The van der Waals surface area contributed by atoms with Gasteiger partial charge < -0.3 is 10.1 Å². The Morgan fingerprint density at radius 1 is 1.17 bits per heavy atom. The fourth-order valence-electron chi connectivity index (χ4n) is 3.28. The van der Waals surface area contributed by atoms with E-state index >= 15 is 0 Å². The van der Waals surface area contributed by atoms with Crippen molar-refractivity contribution in [2.24, 2.45) is 0 Å². The Hall–Kier alpha value is -3.19. The van der Waals surface area contributed by atoms with E-state index in [1.165, 1.54) is 0 Å². The van der Waals surface area contributed by atoms with Crippen LogP contribution in [0.25, 0.3) is 16.3 Å². The van der Waals surface area contributed by atoms with E-state index in [0.29, 0.717) is 26.0 Å². The third-order valence-corrected chi connectivity index (χ3v) is 5.70. The van der Waals surface area contributed by atoms with Gasteiger partial charge in [-0.2, -0.15) is 4.98 Å². The maximum absolute atomic E-state index is 12.3. The number of benzene rings is 2. The summed E-state index contributed by atoms with van der Waals surface area (Å²) in [6, 6.07) is 15.7. The van der Waals surface area contributed by atoms with E-state index in [9.17, 15) is 4.79 Å². The normalized spacial score (nSPS) is 11.0. The van der Waals surface area contributed by atoms with Crippen LogP contribution in [0.4, 0.5) is 0 Å². The molecule has 0 unspecified atom stereocenters. The first-order valence-electron chi connectivity index (χ1n) is 10.0. The van der Waals surface area contributed by atoms with Crippen LogP contribution in [-0.4, -0.2) is 33.7 Å². The molecule has 0 spiro atoms. The zero-order valence-electron chi connectivity index (χ0n) is 17.1. The molecule has 2 aromatic heterocycles. The van der Waals surface area contributed by atoms with Crippen LogP contribution >= 0.6 is 11.3 Å². The molecule has 0 atom stereocenters. The summed E-state index contributed by atoms with van der Waals surface area (Å²) in [5, 5.41) is 9.73. The highest BCUT2D eigenvalue weighted by Gasteiger charge is 2.13. The monoisotopic (exact) mass is 420 g/mol. The van der Waals surface area contributed by atoms with E-state index in [1.54, 1.807) is 11.3 Å². The van der Waals surface area contributed by atoms with Gasteiger partial charge in [0.25, 0.3) is 0 Å². The highest BCUT2D eigenvalue weighted by atomic mass is 32.1. The minimum Gasteiger partial charge on any atom is -0.494 e. The molecule has 4 aromatic rings. The number of fused-ring (bicyclic) bond motifs is 1. The first kappa shape index (κ1) is 20.1. The minimum atomic E-state index is 0.00447. The number of rotatable bonds is 8. The Balaban J connectivity index is 1.34. The first-order valence-corrected chi connectivity index (χ1v) is 10.9. The molecule has 0 radical (unpaired) electrons. The van der Waals surface area contributed by atoms with Gasteiger partial charge in [0.2, 0.25) is 10.9 Å². The van der Waals surface area contributed by atoms with E-state index in [1.807, 2.05) is 53.9 Å². The molecule has 0 bridgehead atoms. The fraction of sp³-hybridized carbons (Fsp3) is 0.261. The number of amides is 1. The molecular formula is C23H24N4O2S. The van der Waals surface area contributed by atoms with E-state index in [0.717, 1.165) is 38.9 Å². The Kier molecular flexibility index (Phi) is 6.09. The van der Waals surface area contributed by atoms with E-state index in [2.05, 4.69) is 33.8 Å². The number of thiazole rings is 1. The molecule has 4 rings (SSSR count). The van der Waals surface area contributed by atoms with Gasteiger partial charge in [-0.3, -0.25) is 4.79 Å². The van der Waals surface area contributed by atoms with Crippen molar-refractivity contribution in [1.29, 1.82) is 0 Å². The van der Waals surface area contributed by atoms with Crippen LogP contribution in [0.1, 0.15) is 23.7 Å². The zero-order chi connectivity index (χ0) is 20.9. The quantitative estimate of drug-likeness (QED) is 0.467. The number of aromatic nitrogens is 3. The number of nitrogens with one attached hydrogen (secondary N) is 1. The number of aryl methyl sites for hydroxylation is 1. The fourth-order valence-corrected chi connectivity index (χ4v) is 4.14. The summed E-state index contributed by atoms with van der Waals surface area (Å²) < 4.78 is 7.31. The molecule has 0 aliphatic rings. The summed E-state index contributed by atoms with van der Waals surface area (Å²) in [6.07, 6.45) is 1.05. The second-order valence-corrected chi connectivity index (χ2v) is 7.86. The summed E-state index contributed by atoms with van der Waals surface area (Å²) in [7, 11) is 0. The number of ether oxygens (including phenoxy) is 1. The highest BCUT2D eigenvalue weighted by Crippen LogP contribution is 2.23. The van der Waals surface area contributed by atoms with Crippen molar-refractivity contribution in [2.75, 3.05) is 13.2 Å². The van der Waals surface area contributed by atoms with Crippen molar-refractivity contribution >= 4 is 22.2 Å². The lowest BCUT2D eigenvalue weighted by Gasteiger charge is -2.06. The summed E-state index contributed by atoms with van der Waals surface area (Å²) in [6.45, 7) is 5.20. The summed E-state index contributed by atoms with van der Waals surface area (Å²) >= 11 is 1.57. The van der Waals surface area contributed by atoms with Crippen LogP contribution in [0.2, 0.25) is 0 Å². The van der Waals surface area contributed by atoms with Crippen LogP contribution < -0.4 is 10.1 Å². The Labute approximate surface area is 179 Å². The summed E-state index contributed by atoms with van der Waals surface area (Å²) in [5.41, 5.74) is 4.21. The van der Waals surface area contributed by atoms with Gasteiger partial charge in [0.1, 0.15) is 5.75 Å². The molecule has 30 heavy (non-hydrogen) atoms. The highest BCUT2D eigenvalue weighted by molar-refractivity contribution is 7.15. The Morgan fingerprint density at radius 2 is 1.97 bits per heavy atom. The van der Waals surface area contributed by atoms with Crippen LogP contribution in [-0.2, 0) is 17.6 Å². The Bertz CT molecular complexity index is 1150. The van der Waals surface area contributed by atoms with Gasteiger partial charge in [-0.05, 0) is 37.1 Å². The van der Waals surface area contributed by atoms with Gasteiger partial charge in [0, 0.05) is 23.9 Å². The van der Waals surface area contributed by atoms with Crippen LogP contribution in [0.15, 0.2) is 53.9 Å². The number of hydrogen-bond acceptors (Lipinski definition) is 5. The second kappa shape index (κ2) is 9.09. The average molecular weight is 421 g/mol. The van der Waals surface area contributed by atoms with Gasteiger partial charge in [-0.15, -0.1) is 16.4 Å². The molecule has 0 aliphatic carbocycles. The Morgan fingerprint density at radius 3 is 2.73 bits per heavy atom. The topological polar surface area (TPSA) is 68.5 Å². The molecule has 2 heterocycles. The van der Waals surface area contributed by atoms with Gasteiger partial charge in [0.05, 0.1) is 18.7 Å². The second-order valence-electron chi connectivity index (χ2n) is 7.03. The lowest BCUT2D eigenvalue weighted by Crippen LogP contribution is -2.27. The van der Waals surface area contributed by atoms with E-state index < -0.39 is 0 Å². The zero-order valence-corrected chi connectivity index (χ0v) is 17.9. The predicted octanol–water partition coefficient (Wildman–Crippen LogP) is 4.07. The third-order valence-electron chi connectivity index (χ3n) is 4.84. The van der Waals surface area contributed by atoms with Crippen LogP contribution in [0.3, 0.4) is 0 Å². The molecule has 0 saturated heterocycles. The van der Waals surface area contributed by atoms with Crippen LogP contribution in [0, 0.1) is 6.92 Å². The minimum absolute atomic E-state index is 0.00447. The number of carbonyl (C=O) groups excluding carboxylic acids is 1. The maximum atomic E-state index is 12.3. The molecule has 0 saturated carbocycles. The molecule has 6 nitrogen and oxygen atoms in total. The van der Waals surface area contributed by atoms with E-state index in [4.69, 9.17) is 4.74 Å². The van der Waals surface area contributed by atoms with Crippen molar-refractivity contribution < 1.29 is 9.53 Å². The lowest BCUT2D eigenvalue weighted by molar-refractivity contribution is -0.120. The number of nitrogens with zero attached hydrogens (tertiary/aromatic N) is 3. The average Bonchev–Trinajstić information content (AvgIpc) is 3.32. The number of hydrogen-bond donors (Lipinski definition) is 1. The van der Waals surface area contributed by atoms with Crippen molar-refractivity contribution in [3.8, 4) is 17.1 Å². The molecule has 154 valence electrons. The SMILES string of the molecule is CCOc1ccc(CC(=O)NCCc2csc3nc(-c4ccccc4C)nn23)cc1.